The molecule has 1 unspecified atom stereocenters. The number of H-pyrrole nitrogens is 1. The van der Waals surface area contributed by atoms with Crippen LogP contribution in [0, 0.1) is 0 Å². The van der Waals surface area contributed by atoms with Crippen LogP contribution >= 0.6 is 0 Å². The number of benzene rings is 1. The number of rotatable bonds is 2. The van der Waals surface area contributed by atoms with Gasteiger partial charge >= 0.3 is 5.76 Å². The van der Waals surface area contributed by atoms with Gasteiger partial charge in [-0.05, 0) is 12.5 Å². The van der Waals surface area contributed by atoms with Gasteiger partial charge in [-0.1, -0.05) is 0 Å². The minimum atomic E-state index is -0.503. The van der Waals surface area contributed by atoms with Gasteiger partial charge in [0, 0.05) is 25.1 Å². The molecule has 1 aromatic heterocycles. The second-order valence-electron chi connectivity index (χ2n) is 4.63. The van der Waals surface area contributed by atoms with Crippen LogP contribution in [0.3, 0.4) is 0 Å². The highest BCUT2D eigenvalue weighted by Gasteiger charge is 2.18. The molecule has 100 valence electrons. The van der Waals surface area contributed by atoms with Crippen molar-refractivity contribution in [1.29, 1.82) is 0 Å². The summed E-state index contributed by atoms with van der Waals surface area (Å²) in [6, 6.07) is 3.49. The molecule has 2 aromatic rings. The van der Waals surface area contributed by atoms with Gasteiger partial charge in [-0.2, -0.15) is 0 Å². The number of anilines is 2. The molecule has 7 nitrogen and oxygen atoms in total. The number of oxazole rings is 1. The molecule has 1 aliphatic heterocycles. The molecule has 1 atom stereocenters. The molecule has 1 saturated heterocycles. The predicted octanol–water partition coefficient (Wildman–Crippen LogP) is 0.394. The van der Waals surface area contributed by atoms with Gasteiger partial charge in [0.1, 0.15) is 0 Å². The first-order valence-electron chi connectivity index (χ1n) is 6.07. The number of nitrogens with two attached hydrogens (primary N) is 1. The molecule has 5 N–H and O–H groups in total. The minimum Gasteiger partial charge on any atom is -0.408 e. The molecule has 19 heavy (non-hydrogen) atoms. The summed E-state index contributed by atoms with van der Waals surface area (Å²) < 4.78 is 4.93. The first kappa shape index (κ1) is 11.6. The Morgan fingerprint density at radius 2 is 2.21 bits per heavy atom. The van der Waals surface area contributed by atoms with E-state index in [4.69, 9.17) is 10.2 Å². The van der Waals surface area contributed by atoms with Gasteiger partial charge in [0.15, 0.2) is 5.58 Å². The lowest BCUT2D eigenvalue weighted by atomic mass is 10.1. The van der Waals surface area contributed by atoms with Gasteiger partial charge in [-0.3, -0.25) is 9.78 Å². The fraction of sp³-hybridized carbons (Fsp3) is 0.333. The maximum absolute atomic E-state index is 11.1. The van der Waals surface area contributed by atoms with Crippen molar-refractivity contribution in [3.8, 4) is 0 Å². The van der Waals surface area contributed by atoms with Gasteiger partial charge in [-0.25, -0.2) is 4.79 Å². The van der Waals surface area contributed by atoms with Gasteiger partial charge in [-0.15, -0.1) is 0 Å². The number of carbonyl (C=O) groups is 1. The SMILES string of the molecule is Nc1cc2oc(=O)[nH]c2cc1NC1CCC(=O)NC1. The van der Waals surface area contributed by atoms with Crippen molar-refractivity contribution in [2.24, 2.45) is 0 Å². The van der Waals surface area contributed by atoms with E-state index in [1.807, 2.05) is 0 Å². The van der Waals surface area contributed by atoms with E-state index in [1.54, 1.807) is 12.1 Å². The summed E-state index contributed by atoms with van der Waals surface area (Å²) >= 11 is 0. The third-order valence-electron chi connectivity index (χ3n) is 3.22. The average Bonchev–Trinajstić information content (AvgIpc) is 2.72. The molecule has 0 saturated carbocycles. The highest BCUT2D eigenvalue weighted by atomic mass is 16.4. The van der Waals surface area contributed by atoms with Crippen molar-refractivity contribution in [2.75, 3.05) is 17.6 Å². The van der Waals surface area contributed by atoms with Crippen LogP contribution < -0.4 is 22.1 Å². The summed E-state index contributed by atoms with van der Waals surface area (Å²) in [5, 5.41) is 6.06. The zero-order valence-corrected chi connectivity index (χ0v) is 10.2. The van der Waals surface area contributed by atoms with Crippen LogP contribution in [-0.2, 0) is 4.79 Å². The number of hydrogen-bond donors (Lipinski definition) is 4. The molecule has 0 radical (unpaired) electrons. The summed E-state index contributed by atoms with van der Waals surface area (Å²) in [7, 11) is 0. The second-order valence-corrected chi connectivity index (χ2v) is 4.63. The van der Waals surface area contributed by atoms with Crippen molar-refractivity contribution >= 4 is 28.4 Å². The van der Waals surface area contributed by atoms with E-state index in [-0.39, 0.29) is 11.9 Å². The Labute approximate surface area is 108 Å². The maximum Gasteiger partial charge on any atom is 0.417 e. The molecular weight excluding hydrogens is 248 g/mol. The minimum absolute atomic E-state index is 0.0700. The number of fused-ring (bicyclic) bond motifs is 1. The number of nitrogens with one attached hydrogen (secondary N) is 3. The van der Waals surface area contributed by atoms with E-state index >= 15 is 0 Å². The van der Waals surface area contributed by atoms with Crippen LogP contribution in [0.5, 0.6) is 0 Å². The summed E-state index contributed by atoms with van der Waals surface area (Å²) in [4.78, 5) is 24.8. The summed E-state index contributed by atoms with van der Waals surface area (Å²) in [5.41, 5.74) is 8.18. The number of aromatic amines is 1. The highest BCUT2D eigenvalue weighted by Crippen LogP contribution is 2.25. The van der Waals surface area contributed by atoms with Crippen molar-refractivity contribution in [1.82, 2.24) is 10.3 Å². The van der Waals surface area contributed by atoms with E-state index in [1.165, 1.54) is 0 Å². The fourth-order valence-corrected chi connectivity index (χ4v) is 2.21. The number of amides is 1. The van der Waals surface area contributed by atoms with Crippen LogP contribution in [0.4, 0.5) is 11.4 Å². The lowest BCUT2D eigenvalue weighted by Gasteiger charge is -2.25. The zero-order valence-electron chi connectivity index (χ0n) is 10.2. The Balaban J connectivity index is 1.85. The number of hydrogen-bond acceptors (Lipinski definition) is 5. The van der Waals surface area contributed by atoms with E-state index in [9.17, 15) is 9.59 Å². The molecule has 0 bridgehead atoms. The largest absolute Gasteiger partial charge is 0.417 e. The maximum atomic E-state index is 11.1. The first-order valence-corrected chi connectivity index (χ1v) is 6.07. The monoisotopic (exact) mass is 262 g/mol. The number of piperidine rings is 1. The Morgan fingerprint density at radius 1 is 1.37 bits per heavy atom. The topological polar surface area (TPSA) is 113 Å². The second kappa shape index (κ2) is 4.34. The number of nitrogen functional groups attached to an aromatic ring is 1. The quantitative estimate of drug-likeness (QED) is 0.585. The van der Waals surface area contributed by atoms with Gasteiger partial charge in [0.2, 0.25) is 5.91 Å². The lowest BCUT2D eigenvalue weighted by molar-refractivity contribution is -0.122. The number of carbonyl (C=O) groups excluding carboxylic acids is 1. The van der Waals surface area contributed by atoms with Crippen molar-refractivity contribution < 1.29 is 9.21 Å². The molecule has 0 spiro atoms. The molecule has 1 fully saturated rings. The summed E-state index contributed by atoms with van der Waals surface area (Å²) in [6.07, 6.45) is 1.26. The van der Waals surface area contributed by atoms with Crippen molar-refractivity contribution in [3.63, 3.8) is 0 Å². The standard InChI is InChI=1S/C12H14N4O3/c13-7-3-10-9(16-12(18)19-10)4-8(7)15-6-1-2-11(17)14-5-6/h3-4,6,15H,1-2,5,13H2,(H,14,17)(H,16,18). The Kier molecular flexibility index (Phi) is 2.66. The smallest absolute Gasteiger partial charge is 0.408 e. The molecule has 0 aliphatic carbocycles. The molecule has 2 heterocycles. The fourth-order valence-electron chi connectivity index (χ4n) is 2.21. The van der Waals surface area contributed by atoms with Crippen molar-refractivity contribution in [2.45, 2.75) is 18.9 Å². The van der Waals surface area contributed by atoms with E-state index in [0.29, 0.717) is 29.8 Å². The zero-order chi connectivity index (χ0) is 13.4. The van der Waals surface area contributed by atoms with Crippen LogP contribution in [0.15, 0.2) is 21.3 Å². The van der Waals surface area contributed by atoms with Crippen molar-refractivity contribution in [3.05, 3.63) is 22.7 Å². The Morgan fingerprint density at radius 3 is 2.95 bits per heavy atom. The van der Waals surface area contributed by atoms with Gasteiger partial charge in [0.25, 0.3) is 0 Å². The van der Waals surface area contributed by atoms with E-state index in [0.717, 1.165) is 12.1 Å². The molecule has 1 aromatic carbocycles. The molecule has 7 heteroatoms. The lowest BCUT2D eigenvalue weighted by Crippen LogP contribution is -2.41. The van der Waals surface area contributed by atoms with E-state index in [2.05, 4.69) is 15.6 Å². The average molecular weight is 262 g/mol. The van der Waals surface area contributed by atoms with Gasteiger partial charge in [0.05, 0.1) is 16.9 Å². The normalized spacial score (nSPS) is 19.4. The highest BCUT2D eigenvalue weighted by molar-refractivity contribution is 5.85. The summed E-state index contributed by atoms with van der Waals surface area (Å²) in [5.74, 6) is -0.433. The molecule has 3 rings (SSSR count). The van der Waals surface area contributed by atoms with Crippen LogP contribution in [0.25, 0.3) is 11.1 Å². The van der Waals surface area contributed by atoms with Gasteiger partial charge < -0.3 is 20.8 Å². The Bertz CT molecular complexity index is 678. The van der Waals surface area contributed by atoms with E-state index < -0.39 is 5.76 Å². The molecule has 1 aliphatic rings. The first-order chi connectivity index (χ1) is 9.11. The summed E-state index contributed by atoms with van der Waals surface area (Å²) in [6.45, 7) is 0.568. The molecule has 1 amide bonds. The molecular formula is C12H14N4O3. The predicted molar refractivity (Wildman–Crippen MR) is 70.9 cm³/mol. The van der Waals surface area contributed by atoms with Crippen LogP contribution in [0.1, 0.15) is 12.8 Å². The van der Waals surface area contributed by atoms with Crippen LogP contribution in [-0.4, -0.2) is 23.5 Å². The third kappa shape index (κ3) is 2.26. The third-order valence-corrected chi connectivity index (χ3v) is 3.22. The van der Waals surface area contributed by atoms with Crippen LogP contribution in [0.2, 0.25) is 0 Å². The number of aromatic nitrogens is 1. The Hall–Kier alpha value is -2.44.